The molecule has 3 heteroatoms. The minimum absolute atomic E-state index is 0.596. The van der Waals surface area contributed by atoms with Crippen LogP contribution in [0.15, 0.2) is 48.9 Å². The Labute approximate surface area is 127 Å². The lowest BCUT2D eigenvalue weighted by Gasteiger charge is -2.00. The SMILES string of the molecule is CC.CC(C)c1cccnc1.Cc1ccc2cn[nH]c2c1. The third-order valence-corrected chi connectivity index (χ3v) is 2.95. The lowest BCUT2D eigenvalue weighted by molar-refractivity contribution is 0.858. The first kappa shape index (κ1) is 16.9. The van der Waals surface area contributed by atoms with Crippen molar-refractivity contribution < 1.29 is 0 Å². The second kappa shape index (κ2) is 8.90. The van der Waals surface area contributed by atoms with Crippen LogP contribution in [0.25, 0.3) is 10.9 Å². The average molecular weight is 283 g/mol. The summed E-state index contributed by atoms with van der Waals surface area (Å²) in [5, 5.41) is 8.00. The average Bonchev–Trinajstić information content (AvgIpc) is 2.98. The van der Waals surface area contributed by atoms with Crippen LogP contribution in [0.5, 0.6) is 0 Å². The molecule has 2 aromatic heterocycles. The predicted molar refractivity (Wildman–Crippen MR) is 90.5 cm³/mol. The zero-order valence-electron chi connectivity index (χ0n) is 13.6. The summed E-state index contributed by atoms with van der Waals surface area (Å²) in [6.07, 6.45) is 5.53. The summed E-state index contributed by atoms with van der Waals surface area (Å²) in [5.74, 6) is 0.596. The summed E-state index contributed by atoms with van der Waals surface area (Å²) >= 11 is 0. The van der Waals surface area contributed by atoms with Gasteiger partial charge in [0.1, 0.15) is 0 Å². The zero-order valence-corrected chi connectivity index (χ0v) is 13.6. The summed E-state index contributed by atoms with van der Waals surface area (Å²) < 4.78 is 0. The van der Waals surface area contributed by atoms with Crippen molar-refractivity contribution in [3.8, 4) is 0 Å². The highest BCUT2D eigenvalue weighted by molar-refractivity contribution is 5.78. The number of aromatic amines is 1. The van der Waals surface area contributed by atoms with Gasteiger partial charge in [-0.15, -0.1) is 0 Å². The number of benzene rings is 1. The van der Waals surface area contributed by atoms with Crippen molar-refractivity contribution in [3.63, 3.8) is 0 Å². The smallest absolute Gasteiger partial charge is 0.0652 e. The molecule has 3 nitrogen and oxygen atoms in total. The number of H-pyrrole nitrogens is 1. The number of rotatable bonds is 1. The Morgan fingerprint density at radius 3 is 2.38 bits per heavy atom. The molecule has 21 heavy (non-hydrogen) atoms. The molecule has 3 aromatic rings. The van der Waals surface area contributed by atoms with E-state index < -0.39 is 0 Å². The zero-order chi connectivity index (χ0) is 15.7. The van der Waals surface area contributed by atoms with Gasteiger partial charge in [-0.3, -0.25) is 10.1 Å². The Hall–Kier alpha value is -2.16. The Balaban J connectivity index is 0.000000189. The summed E-state index contributed by atoms with van der Waals surface area (Å²) in [4.78, 5) is 4.01. The highest BCUT2D eigenvalue weighted by atomic mass is 15.1. The van der Waals surface area contributed by atoms with Gasteiger partial charge in [-0.2, -0.15) is 5.10 Å². The molecule has 0 unspecified atom stereocenters. The van der Waals surface area contributed by atoms with Gasteiger partial charge in [0, 0.05) is 17.8 Å². The minimum Gasteiger partial charge on any atom is -0.278 e. The quantitative estimate of drug-likeness (QED) is 0.675. The standard InChI is InChI=1S/C8H8N2.C8H11N.C2H6/c1-6-2-3-7-5-9-10-8(7)4-6;1-7(2)8-4-3-5-9-6-8;1-2/h2-5H,1H3,(H,9,10);3-7H,1-2H3;1-2H3. The van der Waals surface area contributed by atoms with Crippen LogP contribution < -0.4 is 0 Å². The van der Waals surface area contributed by atoms with Crippen LogP contribution in [0.4, 0.5) is 0 Å². The maximum atomic E-state index is 4.01. The molecule has 0 aliphatic rings. The van der Waals surface area contributed by atoms with Gasteiger partial charge in [0.2, 0.25) is 0 Å². The van der Waals surface area contributed by atoms with Gasteiger partial charge in [-0.25, -0.2) is 0 Å². The molecule has 0 atom stereocenters. The van der Waals surface area contributed by atoms with Crippen molar-refractivity contribution >= 4 is 10.9 Å². The first-order chi connectivity index (χ1) is 10.2. The van der Waals surface area contributed by atoms with Crippen LogP contribution in [-0.2, 0) is 0 Å². The van der Waals surface area contributed by atoms with Crippen LogP contribution in [0.3, 0.4) is 0 Å². The van der Waals surface area contributed by atoms with Crippen molar-refractivity contribution in [2.75, 3.05) is 0 Å². The van der Waals surface area contributed by atoms with Gasteiger partial charge in [-0.05, 0) is 36.1 Å². The summed E-state index contributed by atoms with van der Waals surface area (Å²) in [6, 6.07) is 10.3. The molecule has 0 radical (unpaired) electrons. The van der Waals surface area contributed by atoms with Crippen LogP contribution in [0.1, 0.15) is 44.7 Å². The van der Waals surface area contributed by atoms with Crippen molar-refractivity contribution in [2.24, 2.45) is 0 Å². The van der Waals surface area contributed by atoms with Crippen molar-refractivity contribution in [3.05, 3.63) is 60.0 Å². The Morgan fingerprint density at radius 1 is 1.05 bits per heavy atom. The molecule has 3 rings (SSSR count). The van der Waals surface area contributed by atoms with Crippen molar-refractivity contribution in [1.29, 1.82) is 0 Å². The van der Waals surface area contributed by atoms with Gasteiger partial charge in [0.05, 0.1) is 11.7 Å². The van der Waals surface area contributed by atoms with E-state index >= 15 is 0 Å². The van der Waals surface area contributed by atoms with Crippen LogP contribution in [0, 0.1) is 6.92 Å². The number of fused-ring (bicyclic) bond motifs is 1. The molecular weight excluding hydrogens is 258 g/mol. The number of pyridine rings is 1. The molecule has 0 bridgehead atoms. The topological polar surface area (TPSA) is 41.6 Å². The molecule has 2 heterocycles. The summed E-state index contributed by atoms with van der Waals surface area (Å²) in [5.41, 5.74) is 3.68. The lowest BCUT2D eigenvalue weighted by Crippen LogP contribution is -1.85. The molecule has 0 aliphatic heterocycles. The van der Waals surface area contributed by atoms with Crippen LogP contribution >= 0.6 is 0 Å². The first-order valence-electron chi connectivity index (χ1n) is 7.46. The Kier molecular flexibility index (Phi) is 7.16. The third kappa shape index (κ3) is 5.38. The highest BCUT2D eigenvalue weighted by Crippen LogP contribution is 2.11. The van der Waals surface area contributed by atoms with E-state index in [0.29, 0.717) is 5.92 Å². The fourth-order valence-electron chi connectivity index (χ4n) is 1.77. The fraction of sp³-hybridized carbons (Fsp3) is 0.333. The van der Waals surface area contributed by atoms with E-state index in [1.807, 2.05) is 32.3 Å². The van der Waals surface area contributed by atoms with E-state index in [9.17, 15) is 0 Å². The van der Waals surface area contributed by atoms with Gasteiger partial charge in [-0.1, -0.05) is 45.9 Å². The van der Waals surface area contributed by atoms with Gasteiger partial charge < -0.3 is 0 Å². The minimum atomic E-state index is 0.596. The Morgan fingerprint density at radius 2 is 1.81 bits per heavy atom. The third-order valence-electron chi connectivity index (χ3n) is 2.95. The van der Waals surface area contributed by atoms with Crippen molar-refractivity contribution in [1.82, 2.24) is 15.2 Å². The molecule has 0 saturated heterocycles. The lowest BCUT2D eigenvalue weighted by atomic mass is 10.1. The molecular formula is C18H25N3. The largest absolute Gasteiger partial charge is 0.278 e. The van der Waals surface area contributed by atoms with Gasteiger partial charge in [0.15, 0.2) is 0 Å². The molecule has 0 spiro atoms. The van der Waals surface area contributed by atoms with E-state index in [0.717, 1.165) is 5.52 Å². The number of aryl methyl sites for hydroxylation is 1. The molecule has 0 amide bonds. The van der Waals surface area contributed by atoms with E-state index in [1.54, 1.807) is 6.20 Å². The molecule has 1 aromatic carbocycles. The van der Waals surface area contributed by atoms with Crippen LogP contribution in [0.2, 0.25) is 0 Å². The second-order valence-electron chi connectivity index (χ2n) is 4.90. The fourth-order valence-corrected chi connectivity index (χ4v) is 1.77. The van der Waals surface area contributed by atoms with E-state index in [1.165, 1.54) is 16.5 Å². The van der Waals surface area contributed by atoms with E-state index in [2.05, 4.69) is 60.2 Å². The van der Waals surface area contributed by atoms with Gasteiger partial charge >= 0.3 is 0 Å². The number of nitrogens with one attached hydrogen (secondary N) is 1. The van der Waals surface area contributed by atoms with Crippen molar-refractivity contribution in [2.45, 2.75) is 40.5 Å². The molecule has 0 fully saturated rings. The molecule has 0 aliphatic carbocycles. The number of nitrogens with zero attached hydrogens (tertiary/aromatic N) is 2. The highest BCUT2D eigenvalue weighted by Gasteiger charge is 1.94. The monoisotopic (exact) mass is 283 g/mol. The number of hydrogen-bond donors (Lipinski definition) is 1. The normalized spacial score (nSPS) is 9.62. The predicted octanol–water partition coefficient (Wildman–Crippen LogP) is 5.10. The summed E-state index contributed by atoms with van der Waals surface area (Å²) in [6.45, 7) is 10.4. The molecule has 1 N–H and O–H groups in total. The van der Waals surface area contributed by atoms with Crippen LogP contribution in [-0.4, -0.2) is 15.2 Å². The van der Waals surface area contributed by atoms with E-state index in [-0.39, 0.29) is 0 Å². The Bertz CT molecular complexity index is 627. The van der Waals surface area contributed by atoms with E-state index in [4.69, 9.17) is 0 Å². The maximum absolute atomic E-state index is 4.01. The number of hydrogen-bond acceptors (Lipinski definition) is 2. The maximum Gasteiger partial charge on any atom is 0.0652 e. The van der Waals surface area contributed by atoms with Gasteiger partial charge in [0.25, 0.3) is 0 Å². The molecule has 0 saturated carbocycles. The first-order valence-corrected chi connectivity index (χ1v) is 7.46. The second-order valence-corrected chi connectivity index (χ2v) is 4.90. The summed E-state index contributed by atoms with van der Waals surface area (Å²) in [7, 11) is 0. The molecule has 112 valence electrons. The number of aromatic nitrogens is 3.